The Morgan fingerprint density at radius 2 is 2.06 bits per heavy atom. The van der Waals surface area contributed by atoms with E-state index in [1.165, 1.54) is 6.20 Å². The van der Waals surface area contributed by atoms with Crippen LogP contribution in [-0.4, -0.2) is 43.5 Å². The van der Waals surface area contributed by atoms with Crippen molar-refractivity contribution < 1.29 is 12.8 Å². The summed E-state index contributed by atoms with van der Waals surface area (Å²) in [5.74, 6) is -0.835. The van der Waals surface area contributed by atoms with E-state index < -0.39 is 20.7 Å². The third-order valence-corrected chi connectivity index (χ3v) is 8.62. The summed E-state index contributed by atoms with van der Waals surface area (Å²) in [7, 11) is -4.15. The molecule has 7 nitrogen and oxygen atoms in total. The molecule has 0 amide bonds. The number of hydrogen-bond donors (Lipinski definition) is 2. The van der Waals surface area contributed by atoms with Crippen molar-refractivity contribution in [3.63, 3.8) is 0 Å². The Hall–Kier alpha value is -1.93. The molecule has 1 saturated carbocycles. The topological polar surface area (TPSA) is 98.1 Å². The summed E-state index contributed by atoms with van der Waals surface area (Å²) in [6.07, 6.45) is 7.45. The number of nitrogens with one attached hydrogen (secondary N) is 2. The van der Waals surface area contributed by atoms with Crippen LogP contribution < -0.4 is 10.0 Å². The molecule has 0 spiro atoms. The maximum absolute atomic E-state index is 14.9. The predicted molar refractivity (Wildman–Crippen MR) is 124 cm³/mol. The Morgan fingerprint density at radius 1 is 1.25 bits per heavy atom. The van der Waals surface area contributed by atoms with E-state index in [2.05, 4.69) is 26.0 Å². The molecular formula is C21H25ClFN5O2S2. The van der Waals surface area contributed by atoms with Gasteiger partial charge in [0.05, 0.1) is 22.7 Å². The summed E-state index contributed by atoms with van der Waals surface area (Å²) in [4.78, 5) is 5.73. The van der Waals surface area contributed by atoms with E-state index in [1.807, 2.05) is 0 Å². The molecule has 2 N–H and O–H groups in total. The van der Waals surface area contributed by atoms with Gasteiger partial charge in [-0.3, -0.25) is 9.62 Å². The van der Waals surface area contributed by atoms with Crippen molar-refractivity contribution in [2.24, 2.45) is 5.92 Å². The van der Waals surface area contributed by atoms with E-state index in [1.54, 1.807) is 5.38 Å². The molecule has 32 heavy (non-hydrogen) atoms. The summed E-state index contributed by atoms with van der Waals surface area (Å²) >= 11 is 7.50. The number of sulfonamides is 1. The number of piperidine rings is 1. The van der Waals surface area contributed by atoms with Crippen LogP contribution in [0.4, 0.5) is 15.2 Å². The summed E-state index contributed by atoms with van der Waals surface area (Å²) in [6, 6.07) is 4.96. The molecule has 3 atom stereocenters. The predicted octanol–water partition coefficient (Wildman–Crippen LogP) is 4.70. The van der Waals surface area contributed by atoms with Crippen molar-refractivity contribution in [3.8, 4) is 6.07 Å². The van der Waals surface area contributed by atoms with Crippen molar-refractivity contribution in [2.75, 3.05) is 23.1 Å². The smallest absolute Gasteiger partial charge is 0.266 e. The number of nitriles is 1. The fraction of sp³-hybridized carbons (Fsp3) is 0.524. The molecule has 1 aromatic heterocycles. The van der Waals surface area contributed by atoms with Gasteiger partial charge < -0.3 is 5.32 Å². The van der Waals surface area contributed by atoms with Crippen LogP contribution in [0.2, 0.25) is 5.02 Å². The van der Waals surface area contributed by atoms with Crippen LogP contribution in [0, 0.1) is 23.1 Å². The van der Waals surface area contributed by atoms with Crippen LogP contribution in [0.1, 0.15) is 38.5 Å². The molecule has 2 heterocycles. The van der Waals surface area contributed by atoms with Crippen LogP contribution >= 0.6 is 22.9 Å². The molecule has 4 rings (SSSR count). The Labute approximate surface area is 196 Å². The van der Waals surface area contributed by atoms with Crippen LogP contribution in [-0.2, 0) is 10.0 Å². The molecular weight excluding hydrogens is 473 g/mol. The van der Waals surface area contributed by atoms with Gasteiger partial charge in [-0.1, -0.05) is 24.4 Å². The highest BCUT2D eigenvalue weighted by molar-refractivity contribution is 7.93. The number of aromatic nitrogens is 1. The first kappa shape index (κ1) is 23.2. The van der Waals surface area contributed by atoms with Crippen molar-refractivity contribution in [3.05, 3.63) is 34.5 Å². The molecule has 1 aromatic carbocycles. The summed E-state index contributed by atoms with van der Waals surface area (Å²) in [6.45, 7) is 1.70. The average molecular weight is 498 g/mol. The minimum Gasteiger partial charge on any atom is -0.379 e. The van der Waals surface area contributed by atoms with E-state index in [0.29, 0.717) is 5.69 Å². The third kappa shape index (κ3) is 5.17. The van der Waals surface area contributed by atoms with Gasteiger partial charge in [0.25, 0.3) is 10.0 Å². The van der Waals surface area contributed by atoms with Gasteiger partial charge in [-0.05, 0) is 44.4 Å². The van der Waals surface area contributed by atoms with E-state index in [0.717, 1.165) is 75.1 Å². The van der Waals surface area contributed by atoms with Gasteiger partial charge in [-0.25, -0.2) is 17.8 Å². The van der Waals surface area contributed by atoms with Gasteiger partial charge in [-0.2, -0.15) is 5.26 Å². The first-order valence-electron chi connectivity index (χ1n) is 10.7. The highest BCUT2D eigenvalue weighted by Crippen LogP contribution is 2.34. The van der Waals surface area contributed by atoms with Crippen LogP contribution in [0.5, 0.6) is 0 Å². The highest BCUT2D eigenvalue weighted by atomic mass is 35.5. The minimum absolute atomic E-state index is 0.0437. The van der Waals surface area contributed by atoms with Crippen molar-refractivity contribution in [1.29, 1.82) is 5.26 Å². The van der Waals surface area contributed by atoms with Crippen LogP contribution in [0.15, 0.2) is 28.6 Å². The first-order valence-corrected chi connectivity index (χ1v) is 13.4. The van der Waals surface area contributed by atoms with Gasteiger partial charge in [0, 0.05) is 30.2 Å². The average Bonchev–Trinajstić information content (AvgIpc) is 3.28. The molecule has 0 bridgehead atoms. The summed E-state index contributed by atoms with van der Waals surface area (Å²) < 4.78 is 42.3. The lowest BCUT2D eigenvalue weighted by Gasteiger charge is -2.43. The fourth-order valence-corrected chi connectivity index (χ4v) is 6.78. The van der Waals surface area contributed by atoms with Gasteiger partial charge in [0.1, 0.15) is 10.7 Å². The molecule has 2 fully saturated rings. The SMILES string of the molecule is N#C[C@H]1CCCN([C@H]2CCCCC2Nc2cc(F)c(S(=O)(=O)Nc3nccs3)cc2Cl)C1. The van der Waals surface area contributed by atoms with E-state index in [4.69, 9.17) is 11.6 Å². The third-order valence-electron chi connectivity index (χ3n) is 6.14. The lowest BCUT2D eigenvalue weighted by Crippen LogP contribution is -2.52. The lowest BCUT2D eigenvalue weighted by atomic mass is 9.86. The monoisotopic (exact) mass is 497 g/mol. The number of nitrogens with zero attached hydrogens (tertiary/aromatic N) is 3. The number of hydrogen-bond acceptors (Lipinski definition) is 7. The molecule has 1 saturated heterocycles. The van der Waals surface area contributed by atoms with E-state index >= 15 is 0 Å². The molecule has 172 valence electrons. The number of halogens is 2. The number of anilines is 2. The van der Waals surface area contributed by atoms with Crippen molar-refractivity contribution in [2.45, 2.75) is 55.5 Å². The Bertz CT molecular complexity index is 1090. The molecule has 0 radical (unpaired) electrons. The second-order valence-electron chi connectivity index (χ2n) is 8.27. The van der Waals surface area contributed by atoms with Gasteiger partial charge in [0.15, 0.2) is 5.13 Å². The zero-order valence-corrected chi connectivity index (χ0v) is 19.8. The Kier molecular flexibility index (Phi) is 7.20. The molecule has 1 aliphatic carbocycles. The second-order valence-corrected chi connectivity index (χ2v) is 11.2. The summed E-state index contributed by atoms with van der Waals surface area (Å²) in [5, 5.41) is 14.6. The normalized spacial score (nSPS) is 24.6. The minimum atomic E-state index is -4.15. The number of rotatable bonds is 6. The Balaban J connectivity index is 1.53. The van der Waals surface area contributed by atoms with Gasteiger partial charge in [-0.15, -0.1) is 11.3 Å². The Morgan fingerprint density at radius 3 is 2.81 bits per heavy atom. The lowest BCUT2D eigenvalue weighted by molar-refractivity contribution is 0.105. The number of likely N-dealkylation sites (tertiary alicyclic amines) is 1. The maximum atomic E-state index is 14.9. The first-order chi connectivity index (χ1) is 15.4. The summed E-state index contributed by atoms with van der Waals surface area (Å²) in [5.41, 5.74) is 0.378. The maximum Gasteiger partial charge on any atom is 0.266 e. The van der Waals surface area contributed by atoms with Gasteiger partial charge >= 0.3 is 0 Å². The zero-order chi connectivity index (χ0) is 22.7. The van der Waals surface area contributed by atoms with Crippen LogP contribution in [0.25, 0.3) is 0 Å². The molecule has 1 unspecified atom stereocenters. The molecule has 2 aromatic rings. The van der Waals surface area contributed by atoms with Gasteiger partial charge in [0.2, 0.25) is 0 Å². The largest absolute Gasteiger partial charge is 0.379 e. The van der Waals surface area contributed by atoms with Crippen LogP contribution in [0.3, 0.4) is 0 Å². The van der Waals surface area contributed by atoms with E-state index in [9.17, 15) is 18.1 Å². The van der Waals surface area contributed by atoms with Crippen molar-refractivity contribution >= 4 is 43.8 Å². The highest BCUT2D eigenvalue weighted by Gasteiger charge is 2.34. The second kappa shape index (κ2) is 9.91. The molecule has 1 aliphatic heterocycles. The zero-order valence-electron chi connectivity index (χ0n) is 17.4. The molecule has 2 aliphatic rings. The number of thiazole rings is 1. The number of benzene rings is 1. The van der Waals surface area contributed by atoms with E-state index in [-0.39, 0.29) is 28.2 Å². The quantitative estimate of drug-likeness (QED) is 0.600. The molecule has 11 heteroatoms. The fourth-order valence-electron chi connectivity index (χ4n) is 4.62. The standard InChI is InChI=1S/C21H25ClFN5O2S2/c22-15-10-20(32(29,30)27-21-25-7-9-31-21)16(23)11-18(15)26-17-5-1-2-6-19(17)28-8-3-4-14(12-24)13-28/h7,9-11,14,17,19,26H,1-6,8,13H2,(H,25,27)/t14-,17?,19+/m1/s1. The van der Waals surface area contributed by atoms with Crippen molar-refractivity contribution in [1.82, 2.24) is 9.88 Å².